The Morgan fingerprint density at radius 2 is 1.95 bits per heavy atom. The van der Waals surface area contributed by atoms with Crippen LogP contribution in [0.4, 0.5) is 0 Å². The minimum atomic E-state index is -0.732. The number of aliphatic hydroxyl groups is 1. The monoisotopic (exact) mass is 262 g/mol. The molecule has 0 bridgehead atoms. The minimum absolute atomic E-state index is 0.0727. The molecule has 104 valence electrons. The van der Waals surface area contributed by atoms with E-state index in [0.29, 0.717) is 6.42 Å². The number of hydrogen-bond acceptors (Lipinski definition) is 3. The molecule has 2 rings (SSSR count). The van der Waals surface area contributed by atoms with Crippen LogP contribution in [0.2, 0.25) is 0 Å². The molecule has 1 atom stereocenters. The molecule has 0 radical (unpaired) electrons. The molecule has 1 aromatic rings. The van der Waals surface area contributed by atoms with Crippen molar-refractivity contribution in [2.24, 2.45) is 5.73 Å². The first-order chi connectivity index (χ1) is 9.14. The number of nitrogens with two attached hydrogens (primary N) is 1. The Bertz CT molecular complexity index is 413. The van der Waals surface area contributed by atoms with Gasteiger partial charge in [0, 0.05) is 0 Å². The van der Waals surface area contributed by atoms with Crippen molar-refractivity contribution in [1.82, 2.24) is 5.32 Å². The first-order valence-corrected chi connectivity index (χ1v) is 6.89. The predicted molar refractivity (Wildman–Crippen MR) is 74.5 cm³/mol. The van der Waals surface area contributed by atoms with Crippen LogP contribution >= 0.6 is 0 Å². The van der Waals surface area contributed by atoms with Crippen molar-refractivity contribution in [3.63, 3.8) is 0 Å². The van der Waals surface area contributed by atoms with Crippen molar-refractivity contribution in [3.8, 4) is 0 Å². The Hall–Kier alpha value is -1.39. The highest BCUT2D eigenvalue weighted by Crippen LogP contribution is 2.27. The number of carbonyl (C=O) groups is 1. The van der Waals surface area contributed by atoms with Gasteiger partial charge in [-0.05, 0) is 24.8 Å². The van der Waals surface area contributed by atoms with Crippen LogP contribution in [0.5, 0.6) is 0 Å². The maximum Gasteiger partial charge on any atom is 0.240 e. The second-order valence-corrected chi connectivity index (χ2v) is 5.41. The zero-order chi connectivity index (χ0) is 13.7. The Balaban J connectivity index is 1.94. The van der Waals surface area contributed by atoms with Gasteiger partial charge in [-0.15, -0.1) is 0 Å². The zero-order valence-corrected chi connectivity index (χ0v) is 11.1. The van der Waals surface area contributed by atoms with Crippen molar-refractivity contribution in [2.45, 2.75) is 43.7 Å². The van der Waals surface area contributed by atoms with Crippen LogP contribution in [-0.2, 0) is 11.2 Å². The summed E-state index contributed by atoms with van der Waals surface area (Å²) in [6, 6.07) is 9.56. The number of aliphatic hydroxyl groups excluding tert-OH is 1. The smallest absolute Gasteiger partial charge is 0.240 e. The van der Waals surface area contributed by atoms with Crippen LogP contribution < -0.4 is 11.1 Å². The van der Waals surface area contributed by atoms with Crippen LogP contribution in [0.3, 0.4) is 0 Å². The topological polar surface area (TPSA) is 75.4 Å². The van der Waals surface area contributed by atoms with E-state index in [-0.39, 0.29) is 18.6 Å². The molecule has 1 amide bonds. The molecule has 0 heterocycles. The molecule has 0 saturated heterocycles. The van der Waals surface area contributed by atoms with Gasteiger partial charge in [0.1, 0.15) is 0 Å². The van der Waals surface area contributed by atoms with E-state index in [2.05, 4.69) is 5.32 Å². The maximum absolute atomic E-state index is 12.2. The second-order valence-electron chi connectivity index (χ2n) is 5.41. The molecule has 0 aromatic heterocycles. The number of rotatable bonds is 5. The van der Waals surface area contributed by atoms with Crippen molar-refractivity contribution >= 4 is 5.91 Å². The van der Waals surface area contributed by atoms with E-state index in [9.17, 15) is 9.90 Å². The molecule has 4 nitrogen and oxygen atoms in total. The lowest BCUT2D eigenvalue weighted by molar-refractivity contribution is -0.127. The maximum atomic E-state index is 12.2. The van der Waals surface area contributed by atoms with Crippen molar-refractivity contribution in [1.29, 1.82) is 0 Å². The number of amides is 1. The summed E-state index contributed by atoms with van der Waals surface area (Å²) < 4.78 is 0. The fourth-order valence-corrected chi connectivity index (χ4v) is 2.62. The molecule has 0 unspecified atom stereocenters. The SMILES string of the molecule is NC1(C(=O)N[C@H](CO)Cc2ccccc2)CCCC1. The largest absolute Gasteiger partial charge is 0.394 e. The van der Waals surface area contributed by atoms with Gasteiger partial charge in [0.2, 0.25) is 5.91 Å². The molecule has 1 fully saturated rings. The Kier molecular flexibility index (Phi) is 4.56. The quantitative estimate of drug-likeness (QED) is 0.740. The number of benzene rings is 1. The summed E-state index contributed by atoms with van der Waals surface area (Å²) >= 11 is 0. The van der Waals surface area contributed by atoms with E-state index in [0.717, 1.165) is 31.2 Å². The molecule has 0 spiro atoms. The lowest BCUT2D eigenvalue weighted by Gasteiger charge is -2.26. The molecular formula is C15H22N2O2. The summed E-state index contributed by atoms with van der Waals surface area (Å²) in [6.45, 7) is -0.0727. The summed E-state index contributed by atoms with van der Waals surface area (Å²) in [5.74, 6) is -0.125. The summed E-state index contributed by atoms with van der Waals surface area (Å²) in [7, 11) is 0. The molecule has 0 aliphatic heterocycles. The van der Waals surface area contributed by atoms with Gasteiger partial charge in [-0.2, -0.15) is 0 Å². The average Bonchev–Trinajstić information content (AvgIpc) is 2.87. The summed E-state index contributed by atoms with van der Waals surface area (Å²) in [6.07, 6.45) is 4.11. The van der Waals surface area contributed by atoms with E-state index in [1.807, 2.05) is 30.3 Å². The molecule has 19 heavy (non-hydrogen) atoms. The van der Waals surface area contributed by atoms with Crippen LogP contribution in [0.1, 0.15) is 31.2 Å². The number of carbonyl (C=O) groups excluding carboxylic acids is 1. The van der Waals surface area contributed by atoms with Gasteiger partial charge >= 0.3 is 0 Å². The predicted octanol–water partition coefficient (Wildman–Crippen LogP) is 0.978. The first-order valence-electron chi connectivity index (χ1n) is 6.89. The van der Waals surface area contributed by atoms with Crippen LogP contribution in [0.25, 0.3) is 0 Å². The van der Waals surface area contributed by atoms with Crippen molar-refractivity contribution in [3.05, 3.63) is 35.9 Å². The fourth-order valence-electron chi connectivity index (χ4n) is 2.62. The van der Waals surface area contributed by atoms with Crippen LogP contribution in [0.15, 0.2) is 30.3 Å². The Labute approximate surface area is 114 Å². The molecule has 1 aliphatic rings. The van der Waals surface area contributed by atoms with Gasteiger partial charge in [0.25, 0.3) is 0 Å². The van der Waals surface area contributed by atoms with E-state index in [4.69, 9.17) is 5.73 Å². The third-order valence-electron chi connectivity index (χ3n) is 3.83. The van der Waals surface area contributed by atoms with E-state index < -0.39 is 5.54 Å². The van der Waals surface area contributed by atoms with Gasteiger partial charge in [-0.25, -0.2) is 0 Å². The standard InChI is InChI=1S/C15H22N2O2/c16-15(8-4-5-9-15)14(19)17-13(11-18)10-12-6-2-1-3-7-12/h1-3,6-7,13,18H,4-5,8-11,16H2,(H,17,19)/t13-/m0/s1. The number of hydrogen-bond donors (Lipinski definition) is 3. The lowest BCUT2D eigenvalue weighted by atomic mass is 9.97. The average molecular weight is 262 g/mol. The Morgan fingerprint density at radius 3 is 2.53 bits per heavy atom. The van der Waals surface area contributed by atoms with Crippen LogP contribution in [-0.4, -0.2) is 29.2 Å². The van der Waals surface area contributed by atoms with E-state index in [1.54, 1.807) is 0 Å². The number of nitrogens with one attached hydrogen (secondary N) is 1. The first kappa shape index (κ1) is 14.0. The summed E-state index contributed by atoms with van der Waals surface area (Å²) in [5, 5.41) is 12.3. The molecular weight excluding hydrogens is 240 g/mol. The lowest BCUT2D eigenvalue weighted by Crippen LogP contribution is -2.55. The summed E-state index contributed by atoms with van der Waals surface area (Å²) in [4.78, 5) is 12.2. The highest BCUT2D eigenvalue weighted by Gasteiger charge is 2.37. The molecule has 1 aromatic carbocycles. The van der Waals surface area contributed by atoms with Crippen LogP contribution in [0, 0.1) is 0 Å². The summed E-state index contributed by atoms with van der Waals surface area (Å²) in [5.41, 5.74) is 6.47. The van der Waals surface area contributed by atoms with Gasteiger partial charge in [-0.1, -0.05) is 43.2 Å². The highest BCUT2D eigenvalue weighted by molar-refractivity contribution is 5.86. The van der Waals surface area contributed by atoms with Gasteiger partial charge in [0.15, 0.2) is 0 Å². The highest BCUT2D eigenvalue weighted by atomic mass is 16.3. The molecule has 1 saturated carbocycles. The third-order valence-corrected chi connectivity index (χ3v) is 3.83. The van der Waals surface area contributed by atoms with Gasteiger partial charge in [0.05, 0.1) is 18.2 Å². The third kappa shape index (κ3) is 3.55. The van der Waals surface area contributed by atoms with E-state index >= 15 is 0 Å². The molecule has 4 heteroatoms. The normalized spacial score (nSPS) is 19.1. The van der Waals surface area contributed by atoms with Gasteiger partial charge < -0.3 is 16.2 Å². The van der Waals surface area contributed by atoms with Crippen molar-refractivity contribution < 1.29 is 9.90 Å². The molecule has 4 N–H and O–H groups in total. The molecule has 1 aliphatic carbocycles. The fraction of sp³-hybridized carbons (Fsp3) is 0.533. The van der Waals surface area contributed by atoms with E-state index in [1.165, 1.54) is 0 Å². The Morgan fingerprint density at radius 1 is 1.32 bits per heavy atom. The van der Waals surface area contributed by atoms with Crippen molar-refractivity contribution in [2.75, 3.05) is 6.61 Å². The second kappa shape index (κ2) is 6.17. The minimum Gasteiger partial charge on any atom is -0.394 e. The van der Waals surface area contributed by atoms with Gasteiger partial charge in [-0.3, -0.25) is 4.79 Å². The zero-order valence-electron chi connectivity index (χ0n) is 11.1.